The maximum absolute atomic E-state index is 11.9. The normalized spacial score (nSPS) is 21.1. The number of carbonyl (C=O) groups is 2. The van der Waals surface area contributed by atoms with Crippen LogP contribution in [-0.4, -0.2) is 24.4 Å². The molecule has 100 valence electrons. The van der Waals surface area contributed by atoms with Gasteiger partial charge in [0.05, 0.1) is 0 Å². The molecule has 4 nitrogen and oxygen atoms in total. The lowest BCUT2D eigenvalue weighted by molar-refractivity contribution is -0.122. The Morgan fingerprint density at radius 3 is 2.74 bits per heavy atom. The minimum absolute atomic E-state index is 0.0394. The SMILES string of the molecule is CC(=O)N1CC(CC(=O)NC2CC2)c2ccccc21. The Balaban J connectivity index is 1.76. The van der Waals surface area contributed by atoms with Gasteiger partial charge in [-0.2, -0.15) is 0 Å². The number of nitrogens with one attached hydrogen (secondary N) is 1. The van der Waals surface area contributed by atoms with Crippen molar-refractivity contribution in [3.8, 4) is 0 Å². The summed E-state index contributed by atoms with van der Waals surface area (Å²) in [5.74, 6) is 0.268. The van der Waals surface area contributed by atoms with Gasteiger partial charge in [0.25, 0.3) is 0 Å². The van der Waals surface area contributed by atoms with Crippen LogP contribution in [0.4, 0.5) is 5.69 Å². The number of anilines is 1. The number of benzene rings is 1. The van der Waals surface area contributed by atoms with Gasteiger partial charge in [0.1, 0.15) is 0 Å². The number of carbonyl (C=O) groups excluding carboxylic acids is 2. The van der Waals surface area contributed by atoms with Crippen molar-refractivity contribution in [3.63, 3.8) is 0 Å². The van der Waals surface area contributed by atoms with Crippen LogP contribution in [0.1, 0.15) is 37.7 Å². The number of amides is 2. The van der Waals surface area contributed by atoms with E-state index in [9.17, 15) is 9.59 Å². The zero-order valence-electron chi connectivity index (χ0n) is 11.1. The third kappa shape index (κ3) is 2.48. The molecule has 1 fully saturated rings. The van der Waals surface area contributed by atoms with Gasteiger partial charge < -0.3 is 10.2 Å². The van der Waals surface area contributed by atoms with Gasteiger partial charge in [-0.15, -0.1) is 0 Å². The fraction of sp³-hybridized carbons (Fsp3) is 0.467. The van der Waals surface area contributed by atoms with Gasteiger partial charge in [-0.1, -0.05) is 18.2 Å². The highest BCUT2D eigenvalue weighted by Crippen LogP contribution is 2.38. The Hall–Kier alpha value is -1.84. The lowest BCUT2D eigenvalue weighted by Gasteiger charge is -2.15. The molecule has 0 saturated heterocycles. The van der Waals surface area contributed by atoms with E-state index < -0.39 is 0 Å². The molecule has 1 atom stereocenters. The first-order valence-corrected chi connectivity index (χ1v) is 6.81. The summed E-state index contributed by atoms with van der Waals surface area (Å²) in [6.45, 7) is 2.19. The summed E-state index contributed by atoms with van der Waals surface area (Å²) in [6.07, 6.45) is 2.68. The summed E-state index contributed by atoms with van der Waals surface area (Å²) in [6, 6.07) is 8.27. The molecule has 4 heteroatoms. The van der Waals surface area contributed by atoms with Crippen molar-refractivity contribution < 1.29 is 9.59 Å². The number of rotatable bonds is 3. The van der Waals surface area contributed by atoms with E-state index in [1.54, 1.807) is 11.8 Å². The molecule has 2 amide bonds. The van der Waals surface area contributed by atoms with E-state index in [0.717, 1.165) is 24.1 Å². The Labute approximate surface area is 112 Å². The van der Waals surface area contributed by atoms with Crippen molar-refractivity contribution in [3.05, 3.63) is 29.8 Å². The molecule has 1 N–H and O–H groups in total. The van der Waals surface area contributed by atoms with E-state index >= 15 is 0 Å². The first-order valence-electron chi connectivity index (χ1n) is 6.81. The predicted octanol–water partition coefficient (Wildman–Crippen LogP) is 1.81. The van der Waals surface area contributed by atoms with E-state index in [-0.39, 0.29) is 17.7 Å². The number of hydrogen-bond acceptors (Lipinski definition) is 2. The van der Waals surface area contributed by atoms with Gasteiger partial charge in [-0.3, -0.25) is 9.59 Å². The first kappa shape index (κ1) is 12.2. The second-order valence-corrected chi connectivity index (χ2v) is 5.43. The topological polar surface area (TPSA) is 49.4 Å². The van der Waals surface area contributed by atoms with E-state index in [2.05, 4.69) is 5.32 Å². The van der Waals surface area contributed by atoms with Crippen molar-refractivity contribution in [2.75, 3.05) is 11.4 Å². The molecule has 19 heavy (non-hydrogen) atoms. The van der Waals surface area contributed by atoms with Crippen molar-refractivity contribution >= 4 is 17.5 Å². The maximum Gasteiger partial charge on any atom is 0.223 e. The Kier molecular flexibility index (Phi) is 3.01. The molecule has 0 radical (unpaired) electrons. The molecule has 3 rings (SSSR count). The molecule has 1 unspecified atom stereocenters. The highest BCUT2D eigenvalue weighted by molar-refractivity contribution is 5.94. The zero-order chi connectivity index (χ0) is 13.4. The smallest absolute Gasteiger partial charge is 0.223 e. The molecule has 1 saturated carbocycles. The molecule has 2 aliphatic rings. The fourth-order valence-corrected chi connectivity index (χ4v) is 2.71. The van der Waals surface area contributed by atoms with Crippen molar-refractivity contribution in [2.24, 2.45) is 0 Å². The molecule has 1 aliphatic heterocycles. The molecule has 0 spiro atoms. The van der Waals surface area contributed by atoms with Crippen molar-refractivity contribution in [1.82, 2.24) is 5.32 Å². The Morgan fingerprint density at radius 1 is 1.32 bits per heavy atom. The van der Waals surface area contributed by atoms with Gasteiger partial charge in [-0.05, 0) is 24.5 Å². The summed E-state index contributed by atoms with van der Waals surface area (Å²) in [5.41, 5.74) is 2.07. The molecular formula is C15H18N2O2. The molecular weight excluding hydrogens is 240 g/mol. The standard InChI is InChI=1S/C15H18N2O2/c1-10(18)17-9-11(8-15(19)16-12-6-7-12)13-4-2-3-5-14(13)17/h2-5,11-12H,6-9H2,1H3,(H,16,19). The summed E-state index contributed by atoms with van der Waals surface area (Å²) in [4.78, 5) is 25.3. The average molecular weight is 258 g/mol. The van der Waals surface area contributed by atoms with Gasteiger partial charge in [-0.25, -0.2) is 0 Å². The molecule has 1 heterocycles. The van der Waals surface area contributed by atoms with Crippen LogP contribution in [0.5, 0.6) is 0 Å². The molecule has 0 aromatic heterocycles. The monoisotopic (exact) mass is 258 g/mol. The van der Waals surface area contributed by atoms with Crippen LogP contribution in [0.15, 0.2) is 24.3 Å². The molecule has 1 aliphatic carbocycles. The Morgan fingerprint density at radius 2 is 2.05 bits per heavy atom. The van der Waals surface area contributed by atoms with Crippen molar-refractivity contribution in [2.45, 2.75) is 38.1 Å². The van der Waals surface area contributed by atoms with Gasteiger partial charge >= 0.3 is 0 Å². The van der Waals surface area contributed by atoms with E-state index in [4.69, 9.17) is 0 Å². The number of para-hydroxylation sites is 1. The van der Waals surface area contributed by atoms with Crippen molar-refractivity contribution in [1.29, 1.82) is 0 Å². The quantitative estimate of drug-likeness (QED) is 0.898. The lowest BCUT2D eigenvalue weighted by Crippen LogP contribution is -2.30. The van der Waals surface area contributed by atoms with Crippen LogP contribution in [0.2, 0.25) is 0 Å². The van der Waals surface area contributed by atoms with Crippen LogP contribution >= 0.6 is 0 Å². The van der Waals surface area contributed by atoms with Crippen LogP contribution in [0.3, 0.4) is 0 Å². The zero-order valence-corrected chi connectivity index (χ0v) is 11.1. The van der Waals surface area contributed by atoms with Crippen LogP contribution in [-0.2, 0) is 9.59 Å². The van der Waals surface area contributed by atoms with E-state index in [0.29, 0.717) is 19.0 Å². The summed E-state index contributed by atoms with van der Waals surface area (Å²) < 4.78 is 0. The highest BCUT2D eigenvalue weighted by atomic mass is 16.2. The largest absolute Gasteiger partial charge is 0.353 e. The first-order chi connectivity index (χ1) is 9.15. The average Bonchev–Trinajstić information content (AvgIpc) is 3.10. The third-order valence-electron chi connectivity index (χ3n) is 3.82. The molecule has 1 aromatic rings. The molecule has 1 aromatic carbocycles. The summed E-state index contributed by atoms with van der Waals surface area (Å²) in [7, 11) is 0. The fourth-order valence-electron chi connectivity index (χ4n) is 2.71. The lowest BCUT2D eigenvalue weighted by atomic mass is 9.97. The number of hydrogen-bond donors (Lipinski definition) is 1. The van der Waals surface area contributed by atoms with Gasteiger partial charge in [0, 0.05) is 37.5 Å². The molecule has 0 bridgehead atoms. The number of fused-ring (bicyclic) bond motifs is 1. The van der Waals surface area contributed by atoms with Crippen LogP contribution < -0.4 is 10.2 Å². The highest BCUT2D eigenvalue weighted by Gasteiger charge is 2.33. The summed E-state index contributed by atoms with van der Waals surface area (Å²) in [5, 5.41) is 3.01. The van der Waals surface area contributed by atoms with Gasteiger partial charge in [0.15, 0.2) is 0 Å². The maximum atomic E-state index is 11.9. The number of nitrogens with zero attached hydrogens (tertiary/aromatic N) is 1. The predicted molar refractivity (Wildman–Crippen MR) is 73.0 cm³/mol. The van der Waals surface area contributed by atoms with Crippen LogP contribution in [0, 0.1) is 0 Å². The summed E-state index contributed by atoms with van der Waals surface area (Å²) >= 11 is 0. The Bertz CT molecular complexity index is 523. The second kappa shape index (κ2) is 4.68. The van der Waals surface area contributed by atoms with E-state index in [1.165, 1.54) is 0 Å². The minimum atomic E-state index is 0.0394. The second-order valence-electron chi connectivity index (χ2n) is 5.43. The third-order valence-corrected chi connectivity index (χ3v) is 3.82. The van der Waals surface area contributed by atoms with Gasteiger partial charge in [0.2, 0.25) is 11.8 Å². The minimum Gasteiger partial charge on any atom is -0.353 e. The van der Waals surface area contributed by atoms with Crippen LogP contribution in [0.25, 0.3) is 0 Å². The van der Waals surface area contributed by atoms with E-state index in [1.807, 2.05) is 24.3 Å².